The molecule has 0 unspecified atom stereocenters. The van der Waals surface area contributed by atoms with Crippen molar-refractivity contribution in [1.82, 2.24) is 15.2 Å². The summed E-state index contributed by atoms with van der Waals surface area (Å²) in [5.74, 6) is 0.815. The lowest BCUT2D eigenvalue weighted by molar-refractivity contribution is 0.0437. The average molecular weight is 430 g/mol. The standard InChI is InChI=1S/C24H35N3O2S/c1-7-8-13-27(17-14-23(2,3)26-24(4,5)15-17)22(28)19-16-30-21(25-19)18-11-9-10-12-20(18)29-6/h9-12,16-17,26H,7-8,13-15H2,1-6H3. The SMILES string of the molecule is CCCCN(C(=O)c1csc(-c2ccccc2OC)n1)C1CC(C)(C)NC(C)(C)C1. The minimum atomic E-state index is -0.0121. The molecule has 0 saturated carbocycles. The molecule has 2 aromatic rings. The predicted octanol–water partition coefficient (Wildman–Crippen LogP) is 5.37. The van der Waals surface area contributed by atoms with Crippen molar-refractivity contribution in [2.24, 2.45) is 0 Å². The normalized spacial score (nSPS) is 18.2. The van der Waals surface area contributed by atoms with Gasteiger partial charge in [-0.25, -0.2) is 4.98 Å². The van der Waals surface area contributed by atoms with Gasteiger partial charge in [0.05, 0.1) is 12.7 Å². The number of benzene rings is 1. The van der Waals surface area contributed by atoms with Crippen LogP contribution in [-0.4, -0.2) is 46.6 Å². The molecule has 1 aliphatic rings. The quantitative estimate of drug-likeness (QED) is 0.643. The van der Waals surface area contributed by atoms with Crippen molar-refractivity contribution in [3.05, 3.63) is 35.3 Å². The Balaban J connectivity index is 1.88. The molecule has 1 fully saturated rings. The summed E-state index contributed by atoms with van der Waals surface area (Å²) in [6, 6.07) is 8.01. The van der Waals surface area contributed by atoms with Crippen LogP contribution < -0.4 is 10.1 Å². The fraction of sp³-hybridized carbons (Fsp3) is 0.583. The van der Waals surface area contributed by atoms with Crippen molar-refractivity contribution in [1.29, 1.82) is 0 Å². The number of nitrogens with one attached hydrogen (secondary N) is 1. The van der Waals surface area contributed by atoms with Gasteiger partial charge in [0.2, 0.25) is 0 Å². The number of thiazole rings is 1. The number of carbonyl (C=O) groups is 1. The molecule has 1 N–H and O–H groups in total. The number of piperidine rings is 1. The molecule has 1 saturated heterocycles. The highest BCUT2D eigenvalue weighted by atomic mass is 32.1. The molecule has 0 aliphatic carbocycles. The number of unbranched alkanes of at least 4 members (excludes halogenated alkanes) is 1. The second-order valence-electron chi connectivity index (χ2n) is 9.55. The molecule has 0 spiro atoms. The molecule has 1 aromatic heterocycles. The van der Waals surface area contributed by atoms with E-state index in [9.17, 15) is 4.79 Å². The van der Waals surface area contributed by atoms with Gasteiger partial charge in [-0.1, -0.05) is 25.5 Å². The maximum absolute atomic E-state index is 13.6. The highest BCUT2D eigenvalue weighted by Crippen LogP contribution is 2.34. The molecular weight excluding hydrogens is 394 g/mol. The number of aromatic nitrogens is 1. The first-order valence-corrected chi connectivity index (χ1v) is 11.7. The van der Waals surface area contributed by atoms with Gasteiger partial charge in [0.15, 0.2) is 0 Å². The topological polar surface area (TPSA) is 54.5 Å². The van der Waals surface area contributed by atoms with Gasteiger partial charge in [0, 0.05) is 29.0 Å². The molecule has 2 heterocycles. The molecule has 1 aliphatic heterocycles. The van der Waals surface area contributed by atoms with E-state index in [1.807, 2.05) is 29.6 Å². The molecule has 3 rings (SSSR count). The number of para-hydroxylation sites is 1. The van der Waals surface area contributed by atoms with Crippen LogP contribution in [0.15, 0.2) is 29.6 Å². The van der Waals surface area contributed by atoms with Gasteiger partial charge in [0.25, 0.3) is 5.91 Å². The van der Waals surface area contributed by atoms with Gasteiger partial charge in [0.1, 0.15) is 16.5 Å². The third-order valence-electron chi connectivity index (χ3n) is 5.68. The van der Waals surface area contributed by atoms with Crippen molar-refractivity contribution in [3.8, 4) is 16.3 Å². The van der Waals surface area contributed by atoms with Crippen LogP contribution in [0.3, 0.4) is 0 Å². The lowest BCUT2D eigenvalue weighted by atomic mass is 9.79. The molecule has 5 nitrogen and oxygen atoms in total. The molecule has 0 radical (unpaired) electrons. The number of amides is 1. The zero-order chi connectivity index (χ0) is 21.9. The summed E-state index contributed by atoms with van der Waals surface area (Å²) in [5.41, 5.74) is 1.43. The van der Waals surface area contributed by atoms with E-state index in [0.29, 0.717) is 5.69 Å². The molecule has 0 bridgehead atoms. The second kappa shape index (κ2) is 9.06. The summed E-state index contributed by atoms with van der Waals surface area (Å²) in [7, 11) is 1.66. The van der Waals surface area contributed by atoms with E-state index in [2.05, 4.69) is 44.8 Å². The van der Waals surface area contributed by atoms with E-state index in [0.717, 1.165) is 48.5 Å². The lowest BCUT2D eigenvalue weighted by Gasteiger charge is -2.49. The maximum atomic E-state index is 13.6. The Morgan fingerprint density at radius 3 is 2.53 bits per heavy atom. The Kier molecular flexibility index (Phi) is 6.88. The van der Waals surface area contributed by atoms with E-state index >= 15 is 0 Å². The Labute approximate surface area is 184 Å². The lowest BCUT2D eigenvalue weighted by Crippen LogP contribution is -2.62. The fourth-order valence-corrected chi connectivity index (χ4v) is 5.55. The number of hydrogen-bond acceptors (Lipinski definition) is 5. The number of methoxy groups -OCH3 is 1. The Morgan fingerprint density at radius 2 is 1.90 bits per heavy atom. The largest absolute Gasteiger partial charge is 0.496 e. The van der Waals surface area contributed by atoms with E-state index < -0.39 is 0 Å². The minimum absolute atomic E-state index is 0.0121. The van der Waals surface area contributed by atoms with Gasteiger partial charge < -0.3 is 15.0 Å². The first kappa shape index (κ1) is 22.8. The zero-order valence-corrected chi connectivity index (χ0v) is 19.9. The molecule has 1 aromatic carbocycles. The van der Waals surface area contributed by atoms with Crippen LogP contribution in [0.2, 0.25) is 0 Å². The summed E-state index contributed by atoms with van der Waals surface area (Å²) in [6.45, 7) is 11.9. The number of ether oxygens (including phenoxy) is 1. The first-order valence-electron chi connectivity index (χ1n) is 10.8. The maximum Gasteiger partial charge on any atom is 0.273 e. The molecule has 6 heteroatoms. The molecule has 164 valence electrons. The van der Waals surface area contributed by atoms with Gasteiger partial charge in [-0.2, -0.15) is 0 Å². The predicted molar refractivity (Wildman–Crippen MR) is 124 cm³/mol. The van der Waals surface area contributed by atoms with Crippen LogP contribution in [0, 0.1) is 0 Å². The van der Waals surface area contributed by atoms with Crippen molar-refractivity contribution in [2.75, 3.05) is 13.7 Å². The number of rotatable bonds is 7. The Morgan fingerprint density at radius 1 is 1.23 bits per heavy atom. The van der Waals surface area contributed by atoms with E-state index in [-0.39, 0.29) is 23.0 Å². The number of hydrogen-bond donors (Lipinski definition) is 1. The average Bonchev–Trinajstić information content (AvgIpc) is 3.15. The van der Waals surface area contributed by atoms with E-state index in [1.165, 1.54) is 11.3 Å². The third kappa shape index (κ3) is 5.22. The van der Waals surface area contributed by atoms with Crippen molar-refractivity contribution in [3.63, 3.8) is 0 Å². The summed E-state index contributed by atoms with van der Waals surface area (Å²) >= 11 is 1.50. The van der Waals surface area contributed by atoms with Crippen LogP contribution in [0.25, 0.3) is 10.6 Å². The summed E-state index contributed by atoms with van der Waals surface area (Å²) in [6.07, 6.45) is 3.94. The van der Waals surface area contributed by atoms with Gasteiger partial charge in [-0.3, -0.25) is 4.79 Å². The number of nitrogens with zero attached hydrogens (tertiary/aromatic N) is 2. The smallest absolute Gasteiger partial charge is 0.273 e. The Bertz CT molecular complexity index is 859. The summed E-state index contributed by atoms with van der Waals surface area (Å²) in [4.78, 5) is 20.4. The van der Waals surface area contributed by atoms with Crippen LogP contribution in [0.4, 0.5) is 0 Å². The minimum Gasteiger partial charge on any atom is -0.496 e. The fourth-order valence-electron chi connectivity index (χ4n) is 4.73. The van der Waals surface area contributed by atoms with E-state index in [1.54, 1.807) is 7.11 Å². The molecule has 30 heavy (non-hydrogen) atoms. The van der Waals surface area contributed by atoms with Crippen LogP contribution in [-0.2, 0) is 0 Å². The molecule has 1 amide bonds. The number of carbonyl (C=O) groups excluding carboxylic acids is 1. The van der Waals surface area contributed by atoms with Crippen molar-refractivity contribution < 1.29 is 9.53 Å². The van der Waals surface area contributed by atoms with Gasteiger partial charge in [-0.05, 0) is 59.1 Å². The monoisotopic (exact) mass is 429 g/mol. The van der Waals surface area contributed by atoms with Crippen molar-refractivity contribution in [2.45, 2.75) is 77.4 Å². The molecular formula is C24H35N3O2S. The van der Waals surface area contributed by atoms with Crippen LogP contribution in [0.5, 0.6) is 5.75 Å². The summed E-state index contributed by atoms with van der Waals surface area (Å²) < 4.78 is 5.48. The van der Waals surface area contributed by atoms with Crippen LogP contribution >= 0.6 is 11.3 Å². The van der Waals surface area contributed by atoms with Gasteiger partial charge in [-0.15, -0.1) is 11.3 Å². The zero-order valence-electron chi connectivity index (χ0n) is 19.1. The van der Waals surface area contributed by atoms with Gasteiger partial charge >= 0.3 is 0 Å². The van der Waals surface area contributed by atoms with E-state index in [4.69, 9.17) is 9.72 Å². The highest BCUT2D eigenvalue weighted by Gasteiger charge is 2.41. The molecule has 0 atom stereocenters. The second-order valence-corrected chi connectivity index (χ2v) is 10.4. The van der Waals surface area contributed by atoms with Crippen LogP contribution in [0.1, 0.15) is 70.8 Å². The van der Waals surface area contributed by atoms with Crippen molar-refractivity contribution >= 4 is 17.2 Å². The first-order chi connectivity index (χ1) is 14.2. The summed E-state index contributed by atoms with van der Waals surface area (Å²) in [5, 5.41) is 6.43. The third-order valence-corrected chi connectivity index (χ3v) is 6.56. The Hall–Kier alpha value is -1.92. The highest BCUT2D eigenvalue weighted by molar-refractivity contribution is 7.13.